The Morgan fingerprint density at radius 3 is 2.57 bits per heavy atom. The van der Waals surface area contributed by atoms with E-state index in [0.29, 0.717) is 17.9 Å². The minimum absolute atomic E-state index is 0.105. The van der Waals surface area contributed by atoms with Crippen molar-refractivity contribution in [2.24, 2.45) is 10.2 Å². The zero-order chi connectivity index (χ0) is 20.5. The van der Waals surface area contributed by atoms with Crippen molar-refractivity contribution < 1.29 is 14.5 Å². The lowest BCUT2D eigenvalue weighted by molar-refractivity contribution is -0.384. The molecule has 0 amide bonds. The zero-order valence-corrected chi connectivity index (χ0v) is 16.0. The Bertz CT molecular complexity index is 884. The second-order valence-electron chi connectivity index (χ2n) is 5.56. The summed E-state index contributed by atoms with van der Waals surface area (Å²) in [5, 5.41) is 19.0. The largest absolute Gasteiger partial charge is 0.461 e. The van der Waals surface area contributed by atoms with E-state index in [9.17, 15) is 14.9 Å². The summed E-state index contributed by atoms with van der Waals surface area (Å²) in [7, 11) is 0. The van der Waals surface area contributed by atoms with Gasteiger partial charge in [-0.25, -0.2) is 4.79 Å². The third-order valence-electron chi connectivity index (χ3n) is 3.78. The van der Waals surface area contributed by atoms with Crippen LogP contribution in [-0.2, 0) is 9.53 Å². The highest BCUT2D eigenvalue weighted by molar-refractivity contribution is 6.33. The number of nitro benzene ring substituents is 1. The Kier molecular flexibility index (Phi) is 7.65. The number of halogens is 1. The number of ether oxygens (including phenoxy) is 1. The molecule has 0 spiro atoms. The first-order valence-corrected chi connectivity index (χ1v) is 8.82. The lowest BCUT2D eigenvalue weighted by atomic mass is 10.2. The third kappa shape index (κ3) is 5.88. The molecule has 146 valence electrons. The molecular formula is C19H19ClN4O4. The molecule has 28 heavy (non-hydrogen) atoms. The van der Waals surface area contributed by atoms with E-state index in [1.54, 1.807) is 12.1 Å². The SMILES string of the molecule is C=CC(=O)OCCN(CC)c1ccc(/N=N/c2ccc([N+](=O)[O-])cc2Cl)cc1. The van der Waals surface area contributed by atoms with Crippen LogP contribution in [0.15, 0.2) is 65.3 Å². The van der Waals surface area contributed by atoms with Crippen LogP contribution in [0, 0.1) is 10.1 Å². The standard InChI is InChI=1S/C19H19ClN4O4/c1-3-19(25)28-12-11-23(4-2)15-7-5-14(6-8-15)21-22-18-10-9-16(24(26)27)13-17(18)20/h3,5-10,13H,1,4,11-12H2,2H3/b22-21+. The molecule has 0 fully saturated rings. The molecule has 0 saturated carbocycles. The number of anilines is 1. The Morgan fingerprint density at radius 2 is 2.00 bits per heavy atom. The van der Waals surface area contributed by atoms with E-state index in [0.717, 1.165) is 18.3 Å². The van der Waals surface area contributed by atoms with Crippen LogP contribution in [0.25, 0.3) is 0 Å². The summed E-state index contributed by atoms with van der Waals surface area (Å²) in [6, 6.07) is 11.3. The summed E-state index contributed by atoms with van der Waals surface area (Å²) >= 11 is 6.00. The predicted octanol–water partition coefficient (Wildman–Crippen LogP) is 5.22. The average Bonchev–Trinajstić information content (AvgIpc) is 2.70. The molecule has 0 heterocycles. The van der Waals surface area contributed by atoms with Gasteiger partial charge in [0.2, 0.25) is 0 Å². The quantitative estimate of drug-likeness (QED) is 0.188. The van der Waals surface area contributed by atoms with Crippen molar-refractivity contribution in [1.29, 1.82) is 0 Å². The molecule has 2 aromatic rings. The number of azo groups is 1. The van der Waals surface area contributed by atoms with Crippen LogP contribution in [0.2, 0.25) is 5.02 Å². The first-order chi connectivity index (χ1) is 13.4. The Morgan fingerprint density at radius 1 is 1.29 bits per heavy atom. The van der Waals surface area contributed by atoms with E-state index >= 15 is 0 Å². The van der Waals surface area contributed by atoms with Crippen molar-refractivity contribution in [2.75, 3.05) is 24.6 Å². The fourth-order valence-electron chi connectivity index (χ4n) is 2.32. The van der Waals surface area contributed by atoms with E-state index in [1.165, 1.54) is 18.2 Å². The molecule has 0 aliphatic rings. The van der Waals surface area contributed by atoms with E-state index in [2.05, 4.69) is 16.8 Å². The molecule has 0 unspecified atom stereocenters. The number of non-ortho nitro benzene ring substituents is 1. The number of likely N-dealkylation sites (N-methyl/N-ethyl adjacent to an activating group) is 1. The van der Waals surface area contributed by atoms with Crippen molar-refractivity contribution >= 4 is 40.3 Å². The van der Waals surface area contributed by atoms with Gasteiger partial charge in [-0.15, -0.1) is 5.11 Å². The summed E-state index contributed by atoms with van der Waals surface area (Å²) in [5.74, 6) is -0.447. The second kappa shape index (κ2) is 10.2. The van der Waals surface area contributed by atoms with Gasteiger partial charge in [-0.2, -0.15) is 5.11 Å². The van der Waals surface area contributed by atoms with E-state index in [4.69, 9.17) is 16.3 Å². The van der Waals surface area contributed by atoms with Gasteiger partial charge in [0.1, 0.15) is 12.3 Å². The molecule has 0 atom stereocenters. The predicted molar refractivity (Wildman–Crippen MR) is 108 cm³/mol. The first kappa shape index (κ1) is 21.0. The van der Waals surface area contributed by atoms with Gasteiger partial charge in [0.05, 0.1) is 22.2 Å². The van der Waals surface area contributed by atoms with Crippen LogP contribution < -0.4 is 4.90 Å². The van der Waals surface area contributed by atoms with Gasteiger partial charge in [-0.1, -0.05) is 18.2 Å². The molecule has 2 aromatic carbocycles. The monoisotopic (exact) mass is 402 g/mol. The van der Waals surface area contributed by atoms with Crippen LogP contribution >= 0.6 is 11.6 Å². The molecule has 0 aliphatic carbocycles. The Labute approximate surface area is 167 Å². The number of nitro groups is 1. The van der Waals surface area contributed by atoms with Crippen LogP contribution in [0.4, 0.5) is 22.7 Å². The summed E-state index contributed by atoms with van der Waals surface area (Å²) in [4.78, 5) is 23.4. The van der Waals surface area contributed by atoms with Gasteiger partial charge in [0.25, 0.3) is 5.69 Å². The molecule has 9 heteroatoms. The number of hydrogen-bond acceptors (Lipinski definition) is 7. The van der Waals surface area contributed by atoms with E-state index < -0.39 is 10.9 Å². The minimum Gasteiger partial charge on any atom is -0.461 e. The smallest absolute Gasteiger partial charge is 0.330 e. The van der Waals surface area contributed by atoms with Crippen molar-refractivity contribution in [3.63, 3.8) is 0 Å². The molecule has 0 radical (unpaired) electrons. The van der Waals surface area contributed by atoms with Crippen LogP contribution in [-0.4, -0.2) is 30.6 Å². The normalized spacial score (nSPS) is 10.6. The topological polar surface area (TPSA) is 97.4 Å². The van der Waals surface area contributed by atoms with Crippen LogP contribution in [0.3, 0.4) is 0 Å². The molecule has 0 aliphatic heterocycles. The fraction of sp³-hybridized carbons (Fsp3) is 0.211. The van der Waals surface area contributed by atoms with Gasteiger partial charge in [0, 0.05) is 30.4 Å². The van der Waals surface area contributed by atoms with Crippen molar-refractivity contribution in [2.45, 2.75) is 6.92 Å². The summed E-state index contributed by atoms with van der Waals surface area (Å²) in [6.45, 7) is 6.91. The number of rotatable bonds is 9. The van der Waals surface area contributed by atoms with Crippen molar-refractivity contribution in [3.05, 3.63) is 70.3 Å². The number of nitrogens with zero attached hydrogens (tertiary/aromatic N) is 4. The molecule has 0 bridgehead atoms. The number of hydrogen-bond donors (Lipinski definition) is 0. The van der Waals surface area contributed by atoms with Gasteiger partial charge in [-0.3, -0.25) is 10.1 Å². The van der Waals surface area contributed by atoms with Crippen molar-refractivity contribution in [3.8, 4) is 0 Å². The van der Waals surface area contributed by atoms with E-state index in [-0.39, 0.29) is 17.3 Å². The summed E-state index contributed by atoms with van der Waals surface area (Å²) in [5.41, 5.74) is 1.79. The lowest BCUT2D eigenvalue weighted by Crippen LogP contribution is -2.27. The van der Waals surface area contributed by atoms with Crippen molar-refractivity contribution in [1.82, 2.24) is 0 Å². The van der Waals surface area contributed by atoms with E-state index in [1.807, 2.05) is 24.0 Å². The Balaban J connectivity index is 2.03. The van der Waals surface area contributed by atoms with Crippen LogP contribution in [0.5, 0.6) is 0 Å². The third-order valence-corrected chi connectivity index (χ3v) is 4.09. The average molecular weight is 403 g/mol. The number of benzene rings is 2. The molecule has 2 rings (SSSR count). The molecule has 0 saturated heterocycles. The maximum absolute atomic E-state index is 11.1. The summed E-state index contributed by atoms with van der Waals surface area (Å²) < 4.78 is 5.00. The maximum atomic E-state index is 11.1. The molecule has 0 N–H and O–H groups in total. The molecular weight excluding hydrogens is 384 g/mol. The van der Waals surface area contributed by atoms with Gasteiger partial charge in [0.15, 0.2) is 0 Å². The highest BCUT2D eigenvalue weighted by Gasteiger charge is 2.09. The lowest BCUT2D eigenvalue weighted by Gasteiger charge is -2.22. The summed E-state index contributed by atoms with van der Waals surface area (Å²) in [6.07, 6.45) is 1.13. The Hall–Kier alpha value is -3.26. The maximum Gasteiger partial charge on any atom is 0.330 e. The van der Waals surface area contributed by atoms with Crippen LogP contribution in [0.1, 0.15) is 6.92 Å². The highest BCUT2D eigenvalue weighted by atomic mass is 35.5. The molecule has 8 nitrogen and oxygen atoms in total. The fourth-order valence-corrected chi connectivity index (χ4v) is 2.53. The highest BCUT2D eigenvalue weighted by Crippen LogP contribution is 2.30. The number of carbonyl (C=O) groups excluding carboxylic acids is 1. The number of esters is 1. The first-order valence-electron chi connectivity index (χ1n) is 8.44. The van der Waals surface area contributed by atoms with Gasteiger partial charge >= 0.3 is 5.97 Å². The zero-order valence-electron chi connectivity index (χ0n) is 15.2. The minimum atomic E-state index is -0.524. The molecule has 0 aromatic heterocycles. The van der Waals surface area contributed by atoms with Gasteiger partial charge in [-0.05, 0) is 37.3 Å². The second-order valence-corrected chi connectivity index (χ2v) is 5.97. The van der Waals surface area contributed by atoms with Gasteiger partial charge < -0.3 is 9.64 Å². The number of carbonyl (C=O) groups is 1.